The van der Waals surface area contributed by atoms with Gasteiger partial charge in [-0.15, -0.1) is 0 Å². The van der Waals surface area contributed by atoms with Crippen LogP contribution in [0.25, 0.3) is 0 Å². The van der Waals surface area contributed by atoms with Crippen molar-refractivity contribution in [1.29, 1.82) is 0 Å². The first kappa shape index (κ1) is 48.3. The second-order valence-corrected chi connectivity index (χ2v) is 22.4. The number of aliphatic hydroxyl groups is 1. The second kappa shape index (κ2) is 26.2. The summed E-state index contributed by atoms with van der Waals surface area (Å²) in [5.74, 6) is 0.134. The quantitative estimate of drug-likeness (QED) is 0.0363. The van der Waals surface area contributed by atoms with E-state index in [1.165, 1.54) is 63.3 Å². The lowest BCUT2D eigenvalue weighted by Gasteiger charge is -2.42. The highest BCUT2D eigenvalue weighted by molar-refractivity contribution is 6.76. The van der Waals surface area contributed by atoms with Crippen LogP contribution in [0.4, 0.5) is 0 Å². The van der Waals surface area contributed by atoms with Crippen LogP contribution in [-0.2, 0) is 31.7 Å². The van der Waals surface area contributed by atoms with E-state index in [0.717, 1.165) is 76.9 Å². The molecule has 7 heteroatoms. The number of ether oxygens (including phenoxy) is 1. The summed E-state index contributed by atoms with van der Waals surface area (Å²) in [6.07, 6.45) is 22.2. The third-order valence-electron chi connectivity index (χ3n) is 12.4. The Morgan fingerprint density at radius 2 is 1.52 bits per heavy atom. The van der Waals surface area contributed by atoms with Crippen molar-refractivity contribution in [3.63, 3.8) is 0 Å². The molecule has 1 aromatic carbocycles. The van der Waals surface area contributed by atoms with E-state index in [-0.39, 0.29) is 23.9 Å². The summed E-state index contributed by atoms with van der Waals surface area (Å²) in [7, 11) is -0.876. The van der Waals surface area contributed by atoms with Gasteiger partial charge in [-0.3, -0.25) is 14.5 Å². The lowest BCUT2D eigenvalue weighted by Crippen LogP contribution is -2.48. The van der Waals surface area contributed by atoms with Gasteiger partial charge in [0.05, 0.1) is 18.8 Å². The number of benzene rings is 1. The highest BCUT2D eigenvalue weighted by atomic mass is 28.4. The highest BCUT2D eigenvalue weighted by Crippen LogP contribution is 2.44. The van der Waals surface area contributed by atoms with Gasteiger partial charge in [0.25, 0.3) is 0 Å². The summed E-state index contributed by atoms with van der Waals surface area (Å²) in [4.78, 5) is 27.9. The van der Waals surface area contributed by atoms with Crippen molar-refractivity contribution in [2.24, 2.45) is 11.8 Å². The molecule has 0 aromatic heterocycles. The molecule has 0 bridgehead atoms. The number of methoxy groups -OCH3 is 1. The van der Waals surface area contributed by atoms with Crippen LogP contribution in [0.15, 0.2) is 36.4 Å². The molecule has 54 heavy (non-hydrogen) atoms. The van der Waals surface area contributed by atoms with Gasteiger partial charge in [-0.05, 0) is 86.8 Å². The first-order chi connectivity index (χ1) is 25.8. The SMILES string of the molecule is CCCCCCCCN(CC)Cc1ccc(CC[Si](O[C@@H]2CC(=O)[C@H](CCCCCCC(=O)OC)[C@H]2C=CCC(C)(O)CCCC)(C(C)C)C(C)C)cc1. The molecule has 0 aliphatic heterocycles. The topological polar surface area (TPSA) is 76.1 Å². The number of hydrogen-bond donors (Lipinski definition) is 1. The van der Waals surface area contributed by atoms with Gasteiger partial charge in [0.15, 0.2) is 8.32 Å². The Labute approximate surface area is 333 Å². The number of nitrogens with zero attached hydrogens (tertiary/aromatic N) is 1. The fourth-order valence-electron chi connectivity index (χ4n) is 8.65. The van der Waals surface area contributed by atoms with Crippen LogP contribution in [-0.4, -0.2) is 62.0 Å². The van der Waals surface area contributed by atoms with E-state index in [4.69, 9.17) is 9.16 Å². The maximum atomic E-state index is 13.8. The van der Waals surface area contributed by atoms with Crippen molar-refractivity contribution >= 4 is 20.1 Å². The van der Waals surface area contributed by atoms with Crippen molar-refractivity contribution < 1.29 is 23.9 Å². The van der Waals surface area contributed by atoms with Gasteiger partial charge in [-0.2, -0.15) is 0 Å². The van der Waals surface area contributed by atoms with Crippen LogP contribution in [0.5, 0.6) is 0 Å². The summed E-state index contributed by atoms with van der Waals surface area (Å²) in [5, 5.41) is 11.1. The number of Topliss-reactive ketones (excluding diaryl/α,β-unsaturated/α-hetero) is 1. The van der Waals surface area contributed by atoms with Crippen LogP contribution in [0.3, 0.4) is 0 Å². The molecule has 0 saturated heterocycles. The lowest BCUT2D eigenvalue weighted by molar-refractivity contribution is -0.140. The molecule has 6 nitrogen and oxygen atoms in total. The monoisotopic (exact) mass is 770 g/mol. The van der Waals surface area contributed by atoms with Gasteiger partial charge in [-0.1, -0.05) is 149 Å². The normalized spacial score (nSPS) is 19.1. The molecule has 0 heterocycles. The number of unbranched alkanes of at least 4 members (excludes halogenated alkanes) is 9. The van der Waals surface area contributed by atoms with Crippen LogP contribution in [0.2, 0.25) is 17.1 Å². The lowest BCUT2D eigenvalue weighted by atomic mass is 9.87. The van der Waals surface area contributed by atoms with Crippen LogP contribution >= 0.6 is 0 Å². The fourth-order valence-corrected chi connectivity index (χ4v) is 13.3. The molecule has 1 unspecified atom stereocenters. The van der Waals surface area contributed by atoms with Crippen molar-refractivity contribution in [2.45, 2.75) is 206 Å². The Morgan fingerprint density at radius 3 is 2.15 bits per heavy atom. The molecule has 1 aliphatic carbocycles. The third kappa shape index (κ3) is 17.1. The van der Waals surface area contributed by atoms with Crippen molar-refractivity contribution in [3.05, 3.63) is 47.5 Å². The summed E-state index contributed by atoms with van der Waals surface area (Å²) in [6.45, 7) is 21.3. The molecule has 1 N–H and O–H groups in total. The molecular formula is C47H83NO5Si. The summed E-state index contributed by atoms with van der Waals surface area (Å²) < 4.78 is 12.3. The van der Waals surface area contributed by atoms with E-state index >= 15 is 0 Å². The summed E-state index contributed by atoms with van der Waals surface area (Å²) in [6, 6.07) is 10.4. The molecule has 1 aliphatic rings. The van der Waals surface area contributed by atoms with E-state index in [1.807, 2.05) is 6.92 Å². The predicted octanol–water partition coefficient (Wildman–Crippen LogP) is 12.2. The summed E-state index contributed by atoms with van der Waals surface area (Å²) in [5.41, 5.74) is 2.85. The van der Waals surface area contributed by atoms with Gasteiger partial charge in [0.2, 0.25) is 0 Å². The van der Waals surface area contributed by atoms with Gasteiger partial charge in [0.1, 0.15) is 5.78 Å². The number of carbonyl (C=O) groups is 2. The zero-order valence-electron chi connectivity index (χ0n) is 36.4. The molecule has 1 saturated carbocycles. The molecule has 0 radical (unpaired) electrons. The van der Waals surface area contributed by atoms with Gasteiger partial charge in [-0.25, -0.2) is 0 Å². The molecule has 2 rings (SSSR count). The Balaban J connectivity index is 2.17. The van der Waals surface area contributed by atoms with Crippen molar-refractivity contribution in [1.82, 2.24) is 4.90 Å². The highest BCUT2D eigenvalue weighted by Gasteiger charge is 2.49. The van der Waals surface area contributed by atoms with E-state index in [0.29, 0.717) is 36.1 Å². The van der Waals surface area contributed by atoms with Crippen LogP contribution in [0.1, 0.15) is 176 Å². The number of esters is 1. The Bertz CT molecular complexity index is 1190. The smallest absolute Gasteiger partial charge is 0.305 e. The molecular weight excluding hydrogens is 687 g/mol. The number of rotatable bonds is 30. The van der Waals surface area contributed by atoms with E-state index in [1.54, 1.807) is 0 Å². The Kier molecular flexibility index (Phi) is 23.4. The van der Waals surface area contributed by atoms with Crippen molar-refractivity contribution in [3.8, 4) is 0 Å². The average Bonchev–Trinajstić information content (AvgIpc) is 3.43. The maximum absolute atomic E-state index is 13.8. The molecule has 4 atom stereocenters. The third-order valence-corrected chi connectivity index (χ3v) is 18.1. The number of aryl methyl sites for hydroxylation is 1. The zero-order valence-corrected chi connectivity index (χ0v) is 37.4. The van der Waals surface area contributed by atoms with E-state index in [9.17, 15) is 14.7 Å². The van der Waals surface area contributed by atoms with E-state index in [2.05, 4.69) is 89.8 Å². The fraction of sp³-hybridized carbons (Fsp3) is 0.787. The van der Waals surface area contributed by atoms with Gasteiger partial charge < -0.3 is 14.3 Å². The summed E-state index contributed by atoms with van der Waals surface area (Å²) >= 11 is 0. The molecule has 0 spiro atoms. The standard InChI is InChI=1S/C47H83NO5Si/c1-10-13-15-16-19-22-34-48(12-3)37-41-29-27-40(28-30-41)31-35-54(38(4)5,39(6)7)53-45-36-44(49)42(24-20-17-18-21-26-46(50)52-9)43(45)25-23-33-47(8,51)32-14-11-2/h23,25,27-30,38-39,42-43,45,51H,10-22,24,26,31-37H2,1-9H3/t42-,43-,45-,47?/m1/s1. The Morgan fingerprint density at radius 1 is 0.907 bits per heavy atom. The minimum absolute atomic E-state index is 0.0241. The van der Waals surface area contributed by atoms with E-state index < -0.39 is 13.9 Å². The zero-order chi connectivity index (χ0) is 40.0. The maximum Gasteiger partial charge on any atom is 0.305 e. The number of carbonyl (C=O) groups excluding carboxylic acids is 2. The first-order valence-electron chi connectivity index (χ1n) is 22.3. The first-order valence-corrected chi connectivity index (χ1v) is 24.6. The largest absolute Gasteiger partial charge is 0.469 e. The second-order valence-electron chi connectivity index (χ2n) is 17.5. The predicted molar refractivity (Wildman–Crippen MR) is 230 cm³/mol. The minimum atomic E-state index is -2.32. The number of hydrogen-bond acceptors (Lipinski definition) is 6. The molecule has 1 aromatic rings. The molecule has 1 fully saturated rings. The molecule has 0 amide bonds. The van der Waals surface area contributed by atoms with Crippen LogP contribution < -0.4 is 0 Å². The Hall–Kier alpha value is -1.80. The average molecular weight is 770 g/mol. The van der Waals surface area contributed by atoms with Gasteiger partial charge >= 0.3 is 5.97 Å². The minimum Gasteiger partial charge on any atom is -0.469 e. The van der Waals surface area contributed by atoms with Gasteiger partial charge in [0, 0.05) is 31.2 Å². The van der Waals surface area contributed by atoms with Crippen LogP contribution in [0, 0.1) is 11.8 Å². The van der Waals surface area contributed by atoms with Crippen molar-refractivity contribution in [2.75, 3.05) is 20.2 Å². The number of ketones is 1. The molecule has 310 valence electrons.